The van der Waals surface area contributed by atoms with E-state index in [1.165, 1.54) is 17.3 Å². The van der Waals surface area contributed by atoms with E-state index in [1.54, 1.807) is 12.1 Å². The van der Waals surface area contributed by atoms with Crippen LogP contribution in [0, 0.1) is 13.8 Å². The largest absolute Gasteiger partial charge is 0.478 e. The SMILES string of the molecule is Cc1cc([C@@H](CCc2ccc(-c3ccc(C(=O)O)cc3)cc2)c2ccccc2/C=N\O)cc(C)n1. The van der Waals surface area contributed by atoms with E-state index in [0.717, 1.165) is 46.5 Å². The predicted molar refractivity (Wildman–Crippen MR) is 139 cm³/mol. The number of carboxylic acid groups (broad SMARTS) is 1. The van der Waals surface area contributed by atoms with Gasteiger partial charge in [0.25, 0.3) is 0 Å². The maximum atomic E-state index is 11.1. The first-order chi connectivity index (χ1) is 16.9. The van der Waals surface area contributed by atoms with Gasteiger partial charge < -0.3 is 10.3 Å². The Balaban J connectivity index is 1.59. The number of benzene rings is 3. The van der Waals surface area contributed by atoms with Crippen LogP contribution in [0.4, 0.5) is 0 Å². The Hall–Kier alpha value is -4.25. The number of carboxylic acids is 1. The summed E-state index contributed by atoms with van der Waals surface area (Å²) in [6, 6.07) is 27.6. The average molecular weight is 465 g/mol. The summed E-state index contributed by atoms with van der Waals surface area (Å²) in [4.78, 5) is 15.6. The van der Waals surface area contributed by atoms with Crippen LogP contribution in [0.25, 0.3) is 11.1 Å². The normalized spacial score (nSPS) is 12.1. The van der Waals surface area contributed by atoms with Gasteiger partial charge in [0.2, 0.25) is 0 Å². The Morgan fingerprint density at radius 3 is 2.11 bits per heavy atom. The number of aromatic carboxylic acids is 1. The predicted octanol–water partition coefficient (Wildman–Crippen LogP) is 6.64. The van der Waals surface area contributed by atoms with Gasteiger partial charge in [-0.15, -0.1) is 0 Å². The summed E-state index contributed by atoms with van der Waals surface area (Å²) in [5.41, 5.74) is 8.71. The van der Waals surface area contributed by atoms with Gasteiger partial charge in [-0.25, -0.2) is 4.79 Å². The summed E-state index contributed by atoms with van der Waals surface area (Å²) in [7, 11) is 0. The highest BCUT2D eigenvalue weighted by Crippen LogP contribution is 2.32. The van der Waals surface area contributed by atoms with E-state index in [1.807, 2.05) is 44.2 Å². The van der Waals surface area contributed by atoms with Gasteiger partial charge in [-0.2, -0.15) is 0 Å². The minimum atomic E-state index is -0.923. The molecule has 0 aliphatic heterocycles. The summed E-state index contributed by atoms with van der Waals surface area (Å²) in [5, 5.41) is 21.6. The highest BCUT2D eigenvalue weighted by atomic mass is 16.4. The van der Waals surface area contributed by atoms with Gasteiger partial charge in [-0.3, -0.25) is 4.98 Å². The zero-order chi connectivity index (χ0) is 24.8. The van der Waals surface area contributed by atoms with Crippen molar-refractivity contribution in [3.8, 4) is 11.1 Å². The van der Waals surface area contributed by atoms with Crippen molar-refractivity contribution in [3.05, 3.63) is 124 Å². The smallest absolute Gasteiger partial charge is 0.335 e. The number of carbonyl (C=O) groups is 1. The molecule has 0 aliphatic rings. The fraction of sp³-hybridized carbons (Fsp3) is 0.167. The van der Waals surface area contributed by atoms with Crippen LogP contribution < -0.4 is 0 Å². The van der Waals surface area contributed by atoms with Crippen molar-refractivity contribution in [1.29, 1.82) is 0 Å². The number of aryl methyl sites for hydroxylation is 3. The number of oxime groups is 1. The minimum Gasteiger partial charge on any atom is -0.478 e. The fourth-order valence-corrected chi connectivity index (χ4v) is 4.56. The maximum Gasteiger partial charge on any atom is 0.335 e. The van der Waals surface area contributed by atoms with Crippen LogP contribution in [0.1, 0.15) is 56.3 Å². The fourth-order valence-electron chi connectivity index (χ4n) is 4.56. The van der Waals surface area contributed by atoms with E-state index in [2.05, 4.69) is 52.6 Å². The molecule has 0 saturated heterocycles. The number of rotatable bonds is 8. The van der Waals surface area contributed by atoms with Crippen molar-refractivity contribution in [1.82, 2.24) is 4.98 Å². The Bertz CT molecular complexity index is 1320. The van der Waals surface area contributed by atoms with Crippen LogP contribution in [0.5, 0.6) is 0 Å². The molecule has 0 saturated carbocycles. The number of hydrogen-bond donors (Lipinski definition) is 2. The third kappa shape index (κ3) is 5.82. The molecule has 5 nitrogen and oxygen atoms in total. The van der Waals surface area contributed by atoms with E-state index >= 15 is 0 Å². The first-order valence-corrected chi connectivity index (χ1v) is 11.6. The van der Waals surface area contributed by atoms with Crippen LogP contribution in [0.15, 0.2) is 90.1 Å². The van der Waals surface area contributed by atoms with Crippen molar-refractivity contribution in [2.45, 2.75) is 32.6 Å². The molecule has 0 fully saturated rings. The lowest BCUT2D eigenvalue weighted by Gasteiger charge is -2.21. The molecular weight excluding hydrogens is 436 g/mol. The topological polar surface area (TPSA) is 82.8 Å². The molecular formula is C30H28N2O3. The van der Waals surface area contributed by atoms with Crippen molar-refractivity contribution in [2.24, 2.45) is 5.16 Å². The molecule has 0 amide bonds. The molecule has 1 heterocycles. The lowest BCUT2D eigenvalue weighted by atomic mass is 9.84. The number of nitrogens with zero attached hydrogens (tertiary/aromatic N) is 2. The highest BCUT2D eigenvalue weighted by Gasteiger charge is 2.18. The van der Waals surface area contributed by atoms with Gasteiger partial charge in [0, 0.05) is 17.3 Å². The number of pyridine rings is 1. The molecule has 0 bridgehead atoms. The van der Waals surface area contributed by atoms with Crippen molar-refractivity contribution >= 4 is 12.2 Å². The molecule has 0 aliphatic carbocycles. The molecule has 0 unspecified atom stereocenters. The molecule has 4 aromatic rings. The zero-order valence-corrected chi connectivity index (χ0v) is 19.8. The summed E-state index contributed by atoms with van der Waals surface area (Å²) in [6.07, 6.45) is 3.24. The third-order valence-electron chi connectivity index (χ3n) is 6.22. The van der Waals surface area contributed by atoms with Crippen LogP contribution in [0.2, 0.25) is 0 Å². The second kappa shape index (κ2) is 10.8. The molecule has 2 N–H and O–H groups in total. The van der Waals surface area contributed by atoms with E-state index in [9.17, 15) is 10.0 Å². The standard InChI is InChI=1S/C30H28N2O3/c1-20-17-27(18-21(2)32-20)29(28-6-4-3-5-26(28)19-31-35)16-9-22-7-10-23(11-8-22)24-12-14-25(15-13-24)30(33)34/h3-8,10-15,17-19,29,35H,9,16H2,1-2H3,(H,33,34)/b31-19-/t29-/m1/s1. The minimum absolute atomic E-state index is 0.118. The lowest BCUT2D eigenvalue weighted by molar-refractivity contribution is 0.0697. The third-order valence-corrected chi connectivity index (χ3v) is 6.22. The maximum absolute atomic E-state index is 11.1. The number of aromatic nitrogens is 1. The van der Waals surface area contributed by atoms with Gasteiger partial charge in [-0.05, 0) is 84.3 Å². The Kier molecular flexibility index (Phi) is 7.36. The summed E-state index contributed by atoms with van der Waals surface area (Å²) < 4.78 is 0. The van der Waals surface area contributed by atoms with E-state index < -0.39 is 5.97 Å². The summed E-state index contributed by atoms with van der Waals surface area (Å²) in [5.74, 6) is -0.805. The second-order valence-electron chi connectivity index (χ2n) is 8.73. The van der Waals surface area contributed by atoms with Crippen molar-refractivity contribution < 1.29 is 15.1 Å². The second-order valence-corrected chi connectivity index (χ2v) is 8.73. The molecule has 4 rings (SSSR count). The molecule has 5 heteroatoms. The lowest BCUT2D eigenvalue weighted by Crippen LogP contribution is -2.08. The Morgan fingerprint density at radius 1 is 0.914 bits per heavy atom. The van der Waals surface area contributed by atoms with E-state index in [-0.39, 0.29) is 11.5 Å². The van der Waals surface area contributed by atoms with Crippen LogP contribution >= 0.6 is 0 Å². The van der Waals surface area contributed by atoms with Crippen LogP contribution in [0.3, 0.4) is 0 Å². The van der Waals surface area contributed by atoms with Crippen LogP contribution in [-0.4, -0.2) is 27.5 Å². The van der Waals surface area contributed by atoms with Gasteiger partial charge in [0.05, 0.1) is 11.8 Å². The molecule has 1 atom stereocenters. The monoisotopic (exact) mass is 464 g/mol. The molecule has 176 valence electrons. The van der Waals surface area contributed by atoms with Gasteiger partial charge >= 0.3 is 5.97 Å². The first-order valence-electron chi connectivity index (χ1n) is 11.6. The summed E-state index contributed by atoms with van der Waals surface area (Å²) in [6.45, 7) is 4.02. The zero-order valence-electron chi connectivity index (χ0n) is 19.8. The molecule has 35 heavy (non-hydrogen) atoms. The van der Waals surface area contributed by atoms with E-state index in [4.69, 9.17) is 5.11 Å². The highest BCUT2D eigenvalue weighted by molar-refractivity contribution is 5.88. The quantitative estimate of drug-likeness (QED) is 0.174. The van der Waals surface area contributed by atoms with Crippen molar-refractivity contribution in [3.63, 3.8) is 0 Å². The number of hydrogen-bond acceptors (Lipinski definition) is 4. The van der Waals surface area contributed by atoms with E-state index in [0.29, 0.717) is 0 Å². The first kappa shape index (κ1) is 23.9. The van der Waals surface area contributed by atoms with Gasteiger partial charge in [0.15, 0.2) is 0 Å². The van der Waals surface area contributed by atoms with Crippen LogP contribution in [-0.2, 0) is 6.42 Å². The summed E-state index contributed by atoms with van der Waals surface area (Å²) >= 11 is 0. The Labute approximate surface area is 205 Å². The van der Waals surface area contributed by atoms with Gasteiger partial charge in [-0.1, -0.05) is 65.8 Å². The average Bonchev–Trinajstić information content (AvgIpc) is 2.85. The Morgan fingerprint density at radius 2 is 1.51 bits per heavy atom. The molecule has 3 aromatic carbocycles. The molecule has 0 spiro atoms. The van der Waals surface area contributed by atoms with Gasteiger partial charge in [0.1, 0.15) is 0 Å². The van der Waals surface area contributed by atoms with Crippen molar-refractivity contribution in [2.75, 3.05) is 0 Å². The molecule has 1 aromatic heterocycles. The molecule has 0 radical (unpaired) electrons.